The van der Waals surface area contributed by atoms with E-state index in [0.717, 1.165) is 48.3 Å². The Kier molecular flexibility index (Phi) is 3.75. The monoisotopic (exact) mass is 310 g/mol. The zero-order chi connectivity index (χ0) is 15.8. The zero-order valence-corrected chi connectivity index (χ0v) is 13.5. The second-order valence-corrected chi connectivity index (χ2v) is 6.62. The summed E-state index contributed by atoms with van der Waals surface area (Å²) in [4.78, 5) is 19.8. The molecule has 2 fully saturated rings. The summed E-state index contributed by atoms with van der Waals surface area (Å²) < 4.78 is 0. The Morgan fingerprint density at radius 2 is 1.91 bits per heavy atom. The van der Waals surface area contributed by atoms with Crippen molar-refractivity contribution in [3.05, 3.63) is 41.6 Å². The topological polar surface area (TPSA) is 48.5 Å². The van der Waals surface area contributed by atoms with E-state index in [9.17, 15) is 4.79 Å². The van der Waals surface area contributed by atoms with Gasteiger partial charge in [-0.1, -0.05) is 18.2 Å². The number of pyridine rings is 1. The van der Waals surface area contributed by atoms with E-state index in [1.54, 1.807) is 0 Å². The molecule has 0 bridgehead atoms. The molecule has 0 spiro atoms. The van der Waals surface area contributed by atoms with Gasteiger partial charge in [-0.3, -0.25) is 15.2 Å². The van der Waals surface area contributed by atoms with Gasteiger partial charge in [-0.2, -0.15) is 0 Å². The fraction of sp³-hybridized carbons (Fsp3) is 0.444. The van der Waals surface area contributed by atoms with Crippen LogP contribution in [0.5, 0.6) is 0 Å². The van der Waals surface area contributed by atoms with Crippen LogP contribution in [0.4, 0.5) is 0 Å². The van der Waals surface area contributed by atoms with Gasteiger partial charge in [0.25, 0.3) is 5.91 Å². The number of carbonyl (C=O) groups is 1. The minimum atomic E-state index is -0.0185. The van der Waals surface area contributed by atoms with Crippen LogP contribution >= 0.6 is 0 Å². The van der Waals surface area contributed by atoms with Gasteiger partial charge in [0, 0.05) is 43.2 Å². The molecule has 0 radical (unpaired) electrons. The van der Waals surface area contributed by atoms with E-state index in [0.29, 0.717) is 5.92 Å². The average molecular weight is 310 g/mol. The van der Waals surface area contributed by atoms with Gasteiger partial charge in [0.05, 0.1) is 11.1 Å². The molecule has 1 saturated carbocycles. The number of likely N-dealkylation sites (N-methyl/N-ethyl adjacent to an activating group) is 1. The lowest BCUT2D eigenvalue weighted by Gasteiger charge is -2.32. The molecular weight excluding hydrogens is 288 g/mol. The Morgan fingerprint density at radius 3 is 2.65 bits per heavy atom. The number of hydrogen-bond acceptors (Lipinski definition) is 4. The van der Waals surface area contributed by atoms with Crippen LogP contribution in [-0.2, 0) is 0 Å². The molecule has 1 aromatic carbocycles. The van der Waals surface area contributed by atoms with Crippen molar-refractivity contribution in [1.82, 2.24) is 20.3 Å². The maximum absolute atomic E-state index is 12.8. The molecule has 1 aliphatic heterocycles. The van der Waals surface area contributed by atoms with Gasteiger partial charge >= 0.3 is 0 Å². The Balaban J connectivity index is 1.62. The number of para-hydroxylation sites is 1. The van der Waals surface area contributed by atoms with Crippen LogP contribution in [0.15, 0.2) is 30.3 Å². The molecule has 1 saturated heterocycles. The number of hydrogen-bond donors (Lipinski definition) is 1. The highest BCUT2D eigenvalue weighted by Crippen LogP contribution is 2.40. The minimum absolute atomic E-state index is 0.0185. The minimum Gasteiger partial charge on any atom is -0.304 e. The standard InChI is InChI=1S/C18H22N4O/c1-21-8-10-22(11-9-21)20-18(23)15-12-17(13-6-7-13)19-16-5-3-2-4-14(15)16/h2-5,12-13H,6-11H2,1H3,(H,20,23). The fourth-order valence-electron chi connectivity index (χ4n) is 3.09. The van der Waals surface area contributed by atoms with Crippen molar-refractivity contribution in [1.29, 1.82) is 0 Å². The zero-order valence-electron chi connectivity index (χ0n) is 13.5. The van der Waals surface area contributed by atoms with Crippen molar-refractivity contribution in [2.75, 3.05) is 33.2 Å². The largest absolute Gasteiger partial charge is 0.304 e. The lowest BCUT2D eigenvalue weighted by molar-refractivity contribution is 0.0664. The first-order chi connectivity index (χ1) is 11.2. The average Bonchev–Trinajstić information content (AvgIpc) is 3.41. The van der Waals surface area contributed by atoms with Crippen LogP contribution in [0.3, 0.4) is 0 Å². The predicted octanol–water partition coefficient (Wildman–Crippen LogP) is 2.00. The summed E-state index contributed by atoms with van der Waals surface area (Å²) in [5.74, 6) is 0.518. The summed E-state index contributed by atoms with van der Waals surface area (Å²) in [7, 11) is 2.11. The van der Waals surface area contributed by atoms with Gasteiger partial charge in [0.15, 0.2) is 0 Å². The molecule has 0 atom stereocenters. The first-order valence-electron chi connectivity index (χ1n) is 8.35. The Labute approximate surface area is 136 Å². The van der Waals surface area contributed by atoms with Crippen molar-refractivity contribution >= 4 is 16.8 Å². The van der Waals surface area contributed by atoms with Crippen molar-refractivity contribution in [2.45, 2.75) is 18.8 Å². The summed E-state index contributed by atoms with van der Waals surface area (Å²) in [6, 6.07) is 9.92. The third-order valence-electron chi connectivity index (χ3n) is 4.74. The summed E-state index contributed by atoms with van der Waals surface area (Å²) in [5.41, 5.74) is 5.80. The van der Waals surface area contributed by atoms with Crippen molar-refractivity contribution in [3.63, 3.8) is 0 Å². The number of nitrogens with zero attached hydrogens (tertiary/aromatic N) is 3. The van der Waals surface area contributed by atoms with Gasteiger partial charge in [0.2, 0.25) is 0 Å². The third-order valence-corrected chi connectivity index (χ3v) is 4.74. The van der Waals surface area contributed by atoms with Crippen LogP contribution in [0.25, 0.3) is 10.9 Å². The lowest BCUT2D eigenvalue weighted by atomic mass is 10.1. The number of nitrogens with one attached hydrogen (secondary N) is 1. The molecule has 23 heavy (non-hydrogen) atoms. The van der Waals surface area contributed by atoms with Crippen LogP contribution in [0.2, 0.25) is 0 Å². The van der Waals surface area contributed by atoms with E-state index in [-0.39, 0.29) is 5.91 Å². The van der Waals surface area contributed by atoms with E-state index in [1.807, 2.05) is 35.3 Å². The molecule has 0 unspecified atom stereocenters. The SMILES string of the molecule is CN1CCN(NC(=O)c2cc(C3CC3)nc3ccccc23)CC1. The molecule has 1 amide bonds. The maximum atomic E-state index is 12.8. The Morgan fingerprint density at radius 1 is 1.17 bits per heavy atom. The van der Waals surface area contributed by atoms with E-state index in [1.165, 1.54) is 12.8 Å². The Hall–Kier alpha value is -1.98. The number of rotatable bonds is 3. The van der Waals surface area contributed by atoms with E-state index < -0.39 is 0 Å². The van der Waals surface area contributed by atoms with Gasteiger partial charge < -0.3 is 4.90 Å². The summed E-state index contributed by atoms with van der Waals surface area (Å²) >= 11 is 0. The summed E-state index contributed by atoms with van der Waals surface area (Å²) in [5, 5.41) is 2.96. The number of amides is 1. The highest BCUT2D eigenvalue weighted by molar-refractivity contribution is 6.06. The van der Waals surface area contributed by atoms with E-state index in [2.05, 4.69) is 17.4 Å². The summed E-state index contributed by atoms with van der Waals surface area (Å²) in [6.07, 6.45) is 2.37. The molecule has 2 heterocycles. The number of carbonyl (C=O) groups excluding carboxylic acids is 1. The van der Waals surface area contributed by atoms with E-state index in [4.69, 9.17) is 4.98 Å². The highest BCUT2D eigenvalue weighted by Gasteiger charge is 2.27. The summed E-state index contributed by atoms with van der Waals surface area (Å²) in [6.45, 7) is 3.68. The molecule has 5 heteroatoms. The number of piperazine rings is 1. The van der Waals surface area contributed by atoms with Gasteiger partial charge in [0.1, 0.15) is 0 Å². The second kappa shape index (κ2) is 5.91. The predicted molar refractivity (Wildman–Crippen MR) is 90.3 cm³/mol. The molecule has 5 nitrogen and oxygen atoms in total. The number of fused-ring (bicyclic) bond motifs is 1. The molecular formula is C18H22N4O. The van der Waals surface area contributed by atoms with Crippen molar-refractivity contribution in [3.8, 4) is 0 Å². The second-order valence-electron chi connectivity index (χ2n) is 6.62. The molecule has 1 aliphatic carbocycles. The molecule has 1 aromatic heterocycles. The lowest BCUT2D eigenvalue weighted by Crippen LogP contribution is -2.52. The molecule has 2 aliphatic rings. The van der Waals surface area contributed by atoms with E-state index >= 15 is 0 Å². The number of benzene rings is 1. The van der Waals surface area contributed by atoms with Crippen LogP contribution in [0.1, 0.15) is 34.8 Å². The highest BCUT2D eigenvalue weighted by atomic mass is 16.2. The van der Waals surface area contributed by atoms with Crippen LogP contribution < -0.4 is 5.43 Å². The van der Waals surface area contributed by atoms with Crippen molar-refractivity contribution < 1.29 is 4.79 Å². The fourth-order valence-corrected chi connectivity index (χ4v) is 3.09. The van der Waals surface area contributed by atoms with Crippen LogP contribution in [0, 0.1) is 0 Å². The first kappa shape index (κ1) is 14.6. The smallest absolute Gasteiger partial charge is 0.266 e. The maximum Gasteiger partial charge on any atom is 0.266 e. The van der Waals surface area contributed by atoms with Gasteiger partial charge in [-0.05, 0) is 32.0 Å². The normalized spacial score (nSPS) is 19.9. The quantitative estimate of drug-likeness (QED) is 0.942. The molecule has 4 rings (SSSR count). The van der Waals surface area contributed by atoms with Gasteiger partial charge in [-0.25, -0.2) is 5.01 Å². The van der Waals surface area contributed by atoms with Crippen molar-refractivity contribution in [2.24, 2.45) is 0 Å². The van der Waals surface area contributed by atoms with Gasteiger partial charge in [-0.15, -0.1) is 0 Å². The van der Waals surface area contributed by atoms with Crippen LogP contribution in [-0.4, -0.2) is 54.0 Å². The number of hydrazine groups is 1. The number of aromatic nitrogens is 1. The molecule has 120 valence electrons. The molecule has 2 aromatic rings. The first-order valence-corrected chi connectivity index (χ1v) is 8.35. The third kappa shape index (κ3) is 3.07. The Bertz CT molecular complexity index is 733. The molecule has 1 N–H and O–H groups in total.